The molecule has 0 fully saturated rings. The summed E-state index contributed by atoms with van der Waals surface area (Å²) < 4.78 is 0. The second kappa shape index (κ2) is 3.18. The quantitative estimate of drug-likeness (QED) is 0.162. The molecular formula is C5H9N3Si. The molecule has 0 heterocycles. The Hall–Kier alpha value is -0.913. The summed E-state index contributed by atoms with van der Waals surface area (Å²) in [5.41, 5.74) is 10.7. The third-order valence-electron chi connectivity index (χ3n) is 0.526. The van der Waals surface area contributed by atoms with Crippen molar-refractivity contribution in [3.05, 3.63) is 10.4 Å². The van der Waals surface area contributed by atoms with Gasteiger partial charge >= 0.3 is 0 Å². The van der Waals surface area contributed by atoms with Crippen LogP contribution in [0.2, 0.25) is 19.6 Å². The molecule has 0 aliphatic carbocycles. The predicted molar refractivity (Wildman–Crippen MR) is 40.3 cm³/mol. The van der Waals surface area contributed by atoms with E-state index in [-0.39, 0.29) is 0 Å². The van der Waals surface area contributed by atoms with Crippen LogP contribution in [0.3, 0.4) is 0 Å². The predicted octanol–water partition coefficient (Wildman–Crippen LogP) is 2.13. The Labute approximate surface area is 55.7 Å². The Kier molecular flexibility index (Phi) is 2.86. The SMILES string of the molecule is C[Si](C)(C)C#CN=[N+]=[N-]. The maximum Gasteiger partial charge on any atom is 0.129 e. The molecule has 0 saturated carbocycles. The van der Waals surface area contributed by atoms with Crippen LogP contribution in [0.15, 0.2) is 5.11 Å². The van der Waals surface area contributed by atoms with E-state index in [1.165, 1.54) is 0 Å². The Morgan fingerprint density at radius 2 is 2.00 bits per heavy atom. The molecule has 0 spiro atoms. The monoisotopic (exact) mass is 139 g/mol. The van der Waals surface area contributed by atoms with Crippen molar-refractivity contribution in [2.45, 2.75) is 19.6 Å². The fraction of sp³-hybridized carbons (Fsp3) is 0.600. The molecule has 0 N–H and O–H groups in total. The lowest BCUT2D eigenvalue weighted by atomic mass is 11.2. The van der Waals surface area contributed by atoms with Gasteiger partial charge < -0.3 is 0 Å². The van der Waals surface area contributed by atoms with E-state index in [1.54, 1.807) is 0 Å². The standard InChI is InChI=1S/C5H9N3Si/c1-9(2,3)5-4-7-8-6/h1-3H3. The van der Waals surface area contributed by atoms with E-state index in [1.807, 2.05) is 0 Å². The van der Waals surface area contributed by atoms with Crippen LogP contribution in [0, 0.1) is 11.6 Å². The van der Waals surface area contributed by atoms with Gasteiger partial charge in [0.2, 0.25) is 0 Å². The molecule has 0 aromatic carbocycles. The van der Waals surface area contributed by atoms with Gasteiger partial charge in [0.05, 0.1) is 0 Å². The maximum atomic E-state index is 7.83. The minimum atomic E-state index is -1.32. The van der Waals surface area contributed by atoms with Crippen LogP contribution < -0.4 is 0 Å². The zero-order valence-electron chi connectivity index (χ0n) is 5.84. The molecular weight excluding hydrogens is 130 g/mol. The van der Waals surface area contributed by atoms with Gasteiger partial charge in [0.25, 0.3) is 0 Å². The van der Waals surface area contributed by atoms with E-state index < -0.39 is 8.07 Å². The smallest absolute Gasteiger partial charge is 0.124 e. The van der Waals surface area contributed by atoms with E-state index in [9.17, 15) is 0 Å². The van der Waals surface area contributed by atoms with Gasteiger partial charge in [-0.05, 0) is 16.7 Å². The summed E-state index contributed by atoms with van der Waals surface area (Å²) >= 11 is 0. The van der Waals surface area contributed by atoms with Gasteiger partial charge in [-0.25, -0.2) is 0 Å². The first-order valence-corrected chi connectivity index (χ1v) is 6.12. The molecule has 0 rings (SSSR count). The van der Waals surface area contributed by atoms with E-state index in [0.717, 1.165) is 0 Å². The summed E-state index contributed by atoms with van der Waals surface area (Å²) in [7, 11) is -1.32. The lowest BCUT2D eigenvalue weighted by Gasteiger charge is -2.01. The Morgan fingerprint density at radius 3 is 2.33 bits per heavy atom. The number of azide groups is 1. The van der Waals surface area contributed by atoms with Crippen molar-refractivity contribution in [3.8, 4) is 11.6 Å². The van der Waals surface area contributed by atoms with E-state index in [0.29, 0.717) is 0 Å². The zero-order chi connectivity index (χ0) is 7.33. The molecule has 0 aliphatic rings. The summed E-state index contributed by atoms with van der Waals surface area (Å²) in [5, 5.41) is 3.11. The Bertz CT molecular complexity index is 186. The van der Waals surface area contributed by atoms with Crippen LogP contribution in [-0.2, 0) is 0 Å². The molecule has 0 atom stereocenters. The minimum Gasteiger partial charge on any atom is -0.124 e. The molecule has 0 aromatic heterocycles. The summed E-state index contributed by atoms with van der Waals surface area (Å²) in [6.07, 6.45) is 0. The molecule has 0 saturated heterocycles. The molecule has 0 radical (unpaired) electrons. The minimum absolute atomic E-state index is 1.32. The van der Waals surface area contributed by atoms with E-state index in [4.69, 9.17) is 5.53 Å². The third kappa shape index (κ3) is 7.09. The molecule has 0 amide bonds. The zero-order valence-corrected chi connectivity index (χ0v) is 6.84. The molecule has 0 unspecified atom stereocenters. The van der Waals surface area contributed by atoms with Crippen LogP contribution in [0.25, 0.3) is 10.4 Å². The Balaban J connectivity index is 4.03. The van der Waals surface area contributed by atoms with Crippen molar-refractivity contribution in [1.29, 1.82) is 0 Å². The average molecular weight is 139 g/mol. The van der Waals surface area contributed by atoms with Crippen molar-refractivity contribution in [1.82, 2.24) is 0 Å². The molecule has 0 bridgehead atoms. The summed E-state index contributed by atoms with van der Waals surface area (Å²) in [6, 6.07) is 2.40. The first-order chi connectivity index (χ1) is 4.06. The van der Waals surface area contributed by atoms with E-state index >= 15 is 0 Å². The molecule has 3 nitrogen and oxygen atoms in total. The largest absolute Gasteiger partial charge is 0.129 e. The highest BCUT2D eigenvalue weighted by atomic mass is 28.3. The number of rotatable bonds is 0. The van der Waals surface area contributed by atoms with Crippen molar-refractivity contribution in [2.24, 2.45) is 5.11 Å². The molecule has 0 aliphatic heterocycles. The highest BCUT2D eigenvalue weighted by Gasteiger charge is 2.06. The molecule has 9 heavy (non-hydrogen) atoms. The first-order valence-electron chi connectivity index (χ1n) is 2.62. The van der Waals surface area contributed by atoms with Crippen LogP contribution >= 0.6 is 0 Å². The third-order valence-corrected chi connectivity index (χ3v) is 1.39. The average Bonchev–Trinajstić information content (AvgIpc) is 1.63. The summed E-state index contributed by atoms with van der Waals surface area (Å²) in [6.45, 7) is 6.27. The number of hydrogen-bond donors (Lipinski definition) is 0. The normalized spacial score (nSPS) is 8.78. The second-order valence-corrected chi connectivity index (χ2v) is 7.43. The van der Waals surface area contributed by atoms with Gasteiger partial charge in [0, 0.05) is 4.91 Å². The van der Waals surface area contributed by atoms with Gasteiger partial charge in [-0.2, -0.15) is 0 Å². The van der Waals surface area contributed by atoms with Crippen molar-refractivity contribution in [2.75, 3.05) is 0 Å². The van der Waals surface area contributed by atoms with Crippen LogP contribution in [0.4, 0.5) is 0 Å². The lowest BCUT2D eigenvalue weighted by molar-refractivity contribution is 1.61. The van der Waals surface area contributed by atoms with Gasteiger partial charge in [-0.15, -0.1) is 5.54 Å². The van der Waals surface area contributed by atoms with Gasteiger partial charge in [0.15, 0.2) is 0 Å². The van der Waals surface area contributed by atoms with Gasteiger partial charge in [-0.3, -0.25) is 0 Å². The topological polar surface area (TPSA) is 48.8 Å². The van der Waals surface area contributed by atoms with Gasteiger partial charge in [-0.1, -0.05) is 19.6 Å². The van der Waals surface area contributed by atoms with E-state index in [2.05, 4.69) is 41.3 Å². The fourth-order valence-electron chi connectivity index (χ4n) is 0.215. The number of hydrogen-bond acceptors (Lipinski definition) is 1. The first kappa shape index (κ1) is 8.09. The molecule has 4 heteroatoms. The highest BCUT2D eigenvalue weighted by Crippen LogP contribution is 1.95. The maximum absolute atomic E-state index is 7.83. The van der Waals surface area contributed by atoms with Crippen molar-refractivity contribution >= 4 is 8.07 Å². The summed E-state index contributed by atoms with van der Waals surface area (Å²) in [5.74, 6) is 0. The van der Waals surface area contributed by atoms with Gasteiger partial charge in [0.1, 0.15) is 8.07 Å². The second-order valence-electron chi connectivity index (χ2n) is 2.68. The molecule has 0 aromatic rings. The Morgan fingerprint density at radius 1 is 1.44 bits per heavy atom. The fourth-order valence-corrected chi connectivity index (χ4v) is 0.600. The van der Waals surface area contributed by atoms with Crippen LogP contribution in [0.5, 0.6) is 0 Å². The summed E-state index contributed by atoms with van der Waals surface area (Å²) in [4.78, 5) is 2.51. The molecule has 48 valence electrons. The number of nitrogens with zero attached hydrogens (tertiary/aromatic N) is 3. The van der Waals surface area contributed by atoms with Crippen LogP contribution in [0.1, 0.15) is 0 Å². The highest BCUT2D eigenvalue weighted by molar-refractivity contribution is 6.83. The van der Waals surface area contributed by atoms with Crippen molar-refractivity contribution < 1.29 is 0 Å². The van der Waals surface area contributed by atoms with Crippen LogP contribution in [-0.4, -0.2) is 8.07 Å². The lowest BCUT2D eigenvalue weighted by Crippen LogP contribution is -2.15. The van der Waals surface area contributed by atoms with Crippen molar-refractivity contribution in [3.63, 3.8) is 0 Å².